The van der Waals surface area contributed by atoms with Crippen LogP contribution in [0.3, 0.4) is 0 Å². The van der Waals surface area contributed by atoms with Crippen LogP contribution < -0.4 is 20.9 Å². The molecule has 13 heteroatoms. The second-order valence-electron chi connectivity index (χ2n) is 12.5. The number of piperidine rings is 1. The molecule has 246 valence electrons. The number of nitrogens with zero attached hydrogens (tertiary/aromatic N) is 4. The van der Waals surface area contributed by atoms with Crippen LogP contribution in [-0.4, -0.2) is 83.5 Å². The number of alkyl carbamates (subject to hydrolysis) is 1. The number of ether oxygens (including phenoxy) is 3. The number of nitrogens with one attached hydrogen (secondary N) is 3. The fourth-order valence-electron chi connectivity index (χ4n) is 5.46. The van der Waals surface area contributed by atoms with Crippen LogP contribution in [-0.2, 0) is 30.2 Å². The number of fused-ring (bicyclic) bond motifs is 1. The van der Waals surface area contributed by atoms with E-state index in [0.29, 0.717) is 17.6 Å². The minimum Gasteiger partial charge on any atom is -0.463 e. The Labute approximate surface area is 265 Å². The fraction of sp³-hybridized carbons (Fsp3) is 0.625. The Morgan fingerprint density at radius 3 is 2.51 bits per heavy atom. The van der Waals surface area contributed by atoms with Gasteiger partial charge in [-0.05, 0) is 85.8 Å². The summed E-state index contributed by atoms with van der Waals surface area (Å²) in [6.07, 6.45) is 2.03. The molecule has 1 saturated heterocycles. The molecule has 4 heterocycles. The lowest BCUT2D eigenvalue weighted by Crippen LogP contribution is -2.49. The van der Waals surface area contributed by atoms with Gasteiger partial charge in [0.2, 0.25) is 0 Å². The quantitative estimate of drug-likeness (QED) is 0.258. The predicted molar refractivity (Wildman–Crippen MR) is 171 cm³/mol. The summed E-state index contributed by atoms with van der Waals surface area (Å²) in [5.41, 5.74) is 2.47. The molecule has 2 aromatic rings. The Bertz CT molecular complexity index is 1370. The summed E-state index contributed by atoms with van der Waals surface area (Å²) in [5.74, 6) is 2.01. The minimum absolute atomic E-state index is 0.0331. The number of esters is 2. The Morgan fingerprint density at radius 2 is 1.82 bits per heavy atom. The lowest BCUT2D eigenvalue weighted by molar-refractivity contribution is -0.157. The number of anilines is 3. The molecule has 0 aliphatic carbocycles. The van der Waals surface area contributed by atoms with E-state index in [2.05, 4.69) is 38.0 Å². The minimum atomic E-state index is -1.14. The molecule has 0 saturated carbocycles. The molecule has 2 aliphatic heterocycles. The average molecular weight is 626 g/mol. The standard InChI is InChI=1S/C32H47N7O6/c1-8-43-29(40)20(3)44-31(42)38-25(30(41)45-32(5,6)7)18-34-26-19(2)28(36-21(4)35-26)39-16-13-22(14-17-39)24-12-11-23-10-9-15-33-27(23)37-24/h11-12,20,22,25H,8-10,13-18H2,1-7H3,(H,33,37)(H,38,42)(H,34,35,36)/t20?,25-/m0/s1. The topological polar surface area (TPSA) is 157 Å². The number of rotatable bonds is 10. The summed E-state index contributed by atoms with van der Waals surface area (Å²) in [4.78, 5) is 54.1. The molecule has 1 unspecified atom stereocenters. The first-order valence-corrected chi connectivity index (χ1v) is 15.8. The summed E-state index contributed by atoms with van der Waals surface area (Å²) in [6.45, 7) is 14.8. The van der Waals surface area contributed by atoms with Gasteiger partial charge in [-0.3, -0.25) is 0 Å². The van der Waals surface area contributed by atoms with Crippen LogP contribution in [0.15, 0.2) is 12.1 Å². The Hall–Kier alpha value is -4.16. The van der Waals surface area contributed by atoms with Gasteiger partial charge in [-0.1, -0.05) is 6.07 Å². The predicted octanol–water partition coefficient (Wildman–Crippen LogP) is 4.03. The van der Waals surface area contributed by atoms with Crippen molar-refractivity contribution in [2.45, 2.75) is 97.8 Å². The van der Waals surface area contributed by atoms with Gasteiger partial charge in [0.05, 0.1) is 6.61 Å². The van der Waals surface area contributed by atoms with Crippen molar-refractivity contribution in [2.75, 3.05) is 48.3 Å². The number of aryl methyl sites for hydroxylation is 2. The number of hydrogen-bond donors (Lipinski definition) is 3. The summed E-state index contributed by atoms with van der Waals surface area (Å²) >= 11 is 0. The molecule has 3 N–H and O–H groups in total. The van der Waals surface area contributed by atoms with Crippen molar-refractivity contribution in [3.63, 3.8) is 0 Å². The first-order chi connectivity index (χ1) is 21.3. The van der Waals surface area contributed by atoms with Crippen LogP contribution in [0.1, 0.15) is 82.4 Å². The fourth-order valence-corrected chi connectivity index (χ4v) is 5.46. The lowest BCUT2D eigenvalue weighted by atomic mass is 9.92. The van der Waals surface area contributed by atoms with Gasteiger partial charge >= 0.3 is 18.0 Å². The van der Waals surface area contributed by atoms with E-state index in [1.165, 1.54) is 12.5 Å². The molecule has 2 aromatic heterocycles. The number of pyridine rings is 1. The third kappa shape index (κ3) is 9.18. The zero-order chi connectivity index (χ0) is 32.7. The second kappa shape index (κ2) is 14.7. The van der Waals surface area contributed by atoms with Crippen LogP contribution in [0, 0.1) is 13.8 Å². The third-order valence-corrected chi connectivity index (χ3v) is 7.72. The molecular formula is C32H47N7O6. The van der Waals surface area contributed by atoms with Gasteiger partial charge < -0.3 is 35.1 Å². The van der Waals surface area contributed by atoms with Crippen LogP contribution in [0.2, 0.25) is 0 Å². The molecule has 1 amide bonds. The van der Waals surface area contributed by atoms with E-state index in [0.717, 1.165) is 68.2 Å². The van der Waals surface area contributed by atoms with E-state index < -0.39 is 35.8 Å². The normalized spacial score (nSPS) is 16.5. The molecule has 2 atom stereocenters. The third-order valence-electron chi connectivity index (χ3n) is 7.72. The Balaban J connectivity index is 1.43. The maximum Gasteiger partial charge on any atom is 0.408 e. The number of carbonyl (C=O) groups excluding carboxylic acids is 3. The largest absolute Gasteiger partial charge is 0.463 e. The van der Waals surface area contributed by atoms with E-state index in [1.54, 1.807) is 27.7 Å². The summed E-state index contributed by atoms with van der Waals surface area (Å²) in [6, 6.07) is 3.27. The molecule has 0 bridgehead atoms. The summed E-state index contributed by atoms with van der Waals surface area (Å²) in [5, 5.41) is 9.17. The highest BCUT2D eigenvalue weighted by molar-refractivity contribution is 5.84. The highest BCUT2D eigenvalue weighted by Gasteiger charge is 2.30. The Kier molecular flexibility index (Phi) is 11.1. The SMILES string of the molecule is CCOC(=O)C(C)OC(=O)N[C@@H](CNc1nc(C)nc(N2CCC(c3ccc4c(n3)NCCC4)CC2)c1C)C(=O)OC(C)(C)C. The van der Waals surface area contributed by atoms with Gasteiger partial charge in [-0.15, -0.1) is 0 Å². The van der Waals surface area contributed by atoms with Crippen molar-refractivity contribution in [3.05, 3.63) is 34.8 Å². The van der Waals surface area contributed by atoms with E-state index in [1.807, 2.05) is 13.8 Å². The molecule has 0 aromatic carbocycles. The summed E-state index contributed by atoms with van der Waals surface area (Å²) < 4.78 is 15.6. The van der Waals surface area contributed by atoms with E-state index in [9.17, 15) is 14.4 Å². The molecule has 13 nitrogen and oxygen atoms in total. The van der Waals surface area contributed by atoms with Gasteiger partial charge in [0.15, 0.2) is 6.10 Å². The molecule has 1 fully saturated rings. The van der Waals surface area contributed by atoms with Gasteiger partial charge in [-0.2, -0.15) is 0 Å². The summed E-state index contributed by atoms with van der Waals surface area (Å²) in [7, 11) is 0. The van der Waals surface area contributed by atoms with Gasteiger partial charge in [0.1, 0.15) is 34.9 Å². The van der Waals surface area contributed by atoms with E-state index >= 15 is 0 Å². The first kappa shape index (κ1) is 33.7. The first-order valence-electron chi connectivity index (χ1n) is 15.8. The number of aromatic nitrogens is 3. The lowest BCUT2D eigenvalue weighted by Gasteiger charge is -2.34. The van der Waals surface area contributed by atoms with Crippen LogP contribution in [0.4, 0.5) is 22.2 Å². The van der Waals surface area contributed by atoms with Crippen molar-refractivity contribution < 1.29 is 28.6 Å². The monoisotopic (exact) mass is 625 g/mol. The molecule has 2 aliphatic rings. The molecule has 0 radical (unpaired) electrons. The van der Waals surface area contributed by atoms with E-state index in [4.69, 9.17) is 24.2 Å². The van der Waals surface area contributed by atoms with Crippen molar-refractivity contribution in [1.82, 2.24) is 20.3 Å². The molecule has 45 heavy (non-hydrogen) atoms. The van der Waals surface area contributed by atoms with Crippen LogP contribution >= 0.6 is 0 Å². The highest BCUT2D eigenvalue weighted by atomic mass is 16.6. The average Bonchev–Trinajstić information content (AvgIpc) is 2.99. The van der Waals surface area contributed by atoms with Crippen LogP contribution in [0.5, 0.6) is 0 Å². The van der Waals surface area contributed by atoms with Gasteiger partial charge in [-0.25, -0.2) is 29.3 Å². The van der Waals surface area contributed by atoms with Crippen molar-refractivity contribution in [2.24, 2.45) is 0 Å². The Morgan fingerprint density at radius 1 is 1.09 bits per heavy atom. The number of amides is 1. The smallest absolute Gasteiger partial charge is 0.408 e. The van der Waals surface area contributed by atoms with Gasteiger partial charge in [0, 0.05) is 43.4 Å². The van der Waals surface area contributed by atoms with Crippen molar-refractivity contribution >= 4 is 35.5 Å². The molecule has 4 rings (SSSR count). The van der Waals surface area contributed by atoms with Crippen LogP contribution in [0.25, 0.3) is 0 Å². The zero-order valence-corrected chi connectivity index (χ0v) is 27.5. The zero-order valence-electron chi connectivity index (χ0n) is 27.5. The highest BCUT2D eigenvalue weighted by Crippen LogP contribution is 2.33. The van der Waals surface area contributed by atoms with Gasteiger partial charge in [0.25, 0.3) is 0 Å². The molecule has 0 spiro atoms. The second-order valence-corrected chi connectivity index (χ2v) is 12.5. The molecular weight excluding hydrogens is 578 g/mol. The number of hydrogen-bond acceptors (Lipinski definition) is 12. The number of carbonyl (C=O) groups is 3. The maximum atomic E-state index is 13.1. The van der Waals surface area contributed by atoms with E-state index in [-0.39, 0.29) is 13.2 Å². The van der Waals surface area contributed by atoms with Crippen molar-refractivity contribution in [3.8, 4) is 0 Å². The maximum absolute atomic E-state index is 13.1. The van der Waals surface area contributed by atoms with Crippen molar-refractivity contribution in [1.29, 1.82) is 0 Å².